The van der Waals surface area contributed by atoms with Gasteiger partial charge in [0.2, 0.25) is 5.91 Å². The molecule has 2 heterocycles. The number of nitrogens with zero attached hydrogens (tertiary/aromatic N) is 1. The first-order chi connectivity index (χ1) is 16.9. The molecule has 2 aromatic carbocycles. The number of carbonyl (C=O) groups excluding carboxylic acids is 2. The van der Waals surface area contributed by atoms with E-state index in [2.05, 4.69) is 10.6 Å². The van der Waals surface area contributed by atoms with Gasteiger partial charge in [-0.05, 0) is 48.6 Å². The molecule has 2 amide bonds. The number of amides is 2. The molecule has 1 unspecified atom stereocenters. The number of para-hydroxylation sites is 2. The summed E-state index contributed by atoms with van der Waals surface area (Å²) in [5.74, 6) is -1.91. The summed E-state index contributed by atoms with van der Waals surface area (Å²) in [5, 5.41) is 6.98. The van der Waals surface area contributed by atoms with Gasteiger partial charge in [0.15, 0.2) is 0 Å². The zero-order valence-corrected chi connectivity index (χ0v) is 20.3. The van der Waals surface area contributed by atoms with Crippen molar-refractivity contribution >= 4 is 44.5 Å². The molecule has 1 aliphatic rings. The van der Waals surface area contributed by atoms with E-state index in [-0.39, 0.29) is 27.3 Å². The fraction of sp³-hybridized carbons (Fsp3) is 0.250. The highest BCUT2D eigenvalue weighted by atomic mass is 32.2. The van der Waals surface area contributed by atoms with Gasteiger partial charge in [0.1, 0.15) is 16.6 Å². The number of sulfonamides is 1. The highest BCUT2D eigenvalue weighted by Crippen LogP contribution is 2.28. The number of ether oxygens (including phenoxy) is 1. The molecule has 4 rings (SSSR count). The van der Waals surface area contributed by atoms with Gasteiger partial charge in [-0.25, -0.2) is 12.8 Å². The Hall–Kier alpha value is -3.28. The molecule has 3 aromatic rings. The molecule has 0 radical (unpaired) electrons. The highest BCUT2D eigenvalue weighted by molar-refractivity contribution is 7.94. The summed E-state index contributed by atoms with van der Waals surface area (Å²) in [6.07, 6.45) is 1.76. The van der Waals surface area contributed by atoms with E-state index in [0.29, 0.717) is 13.2 Å². The molecule has 0 spiro atoms. The Labute approximate surface area is 206 Å². The average molecular weight is 518 g/mol. The second kappa shape index (κ2) is 11.0. The number of thiophene rings is 1. The Balaban J connectivity index is 1.54. The maximum atomic E-state index is 14.6. The van der Waals surface area contributed by atoms with Crippen molar-refractivity contribution in [2.75, 3.05) is 29.3 Å². The van der Waals surface area contributed by atoms with Crippen LogP contribution in [0, 0.1) is 5.82 Å². The van der Waals surface area contributed by atoms with Gasteiger partial charge in [-0.2, -0.15) is 0 Å². The minimum atomic E-state index is -4.21. The fourth-order valence-corrected chi connectivity index (χ4v) is 6.22. The first kappa shape index (κ1) is 24.8. The van der Waals surface area contributed by atoms with Crippen LogP contribution in [-0.2, 0) is 19.6 Å². The second-order valence-corrected chi connectivity index (χ2v) is 10.9. The van der Waals surface area contributed by atoms with Crippen LogP contribution in [0.4, 0.5) is 15.8 Å². The summed E-state index contributed by atoms with van der Waals surface area (Å²) in [5.41, 5.74) is 0.181. The first-order valence-electron chi connectivity index (χ1n) is 11.0. The molecule has 184 valence electrons. The third-order valence-corrected chi connectivity index (χ3v) is 8.54. The Morgan fingerprint density at radius 1 is 1.09 bits per heavy atom. The fourth-order valence-electron chi connectivity index (χ4n) is 3.69. The van der Waals surface area contributed by atoms with Crippen LogP contribution in [0.1, 0.15) is 23.2 Å². The number of halogens is 1. The number of nitrogens with one attached hydrogen (secondary N) is 2. The molecule has 2 N–H and O–H groups in total. The van der Waals surface area contributed by atoms with Crippen LogP contribution in [0.2, 0.25) is 0 Å². The van der Waals surface area contributed by atoms with E-state index in [1.807, 2.05) is 0 Å². The minimum absolute atomic E-state index is 0.0255. The van der Waals surface area contributed by atoms with Crippen molar-refractivity contribution in [3.05, 3.63) is 77.4 Å². The number of carbonyl (C=O) groups is 2. The van der Waals surface area contributed by atoms with Crippen molar-refractivity contribution in [2.45, 2.75) is 23.2 Å². The van der Waals surface area contributed by atoms with Crippen molar-refractivity contribution in [3.8, 4) is 0 Å². The summed E-state index contributed by atoms with van der Waals surface area (Å²) >= 11 is 0.965. The van der Waals surface area contributed by atoms with Gasteiger partial charge in [0.25, 0.3) is 15.9 Å². The van der Waals surface area contributed by atoms with Crippen LogP contribution in [0.3, 0.4) is 0 Å². The molecule has 1 fully saturated rings. The minimum Gasteiger partial charge on any atom is -0.376 e. The molecule has 1 aromatic heterocycles. The molecular formula is C24H24FN3O5S2. The molecule has 1 atom stereocenters. The quantitative estimate of drug-likeness (QED) is 0.451. The molecular weight excluding hydrogens is 493 g/mol. The zero-order valence-electron chi connectivity index (χ0n) is 18.6. The predicted molar refractivity (Wildman–Crippen MR) is 132 cm³/mol. The van der Waals surface area contributed by atoms with E-state index in [4.69, 9.17) is 4.74 Å². The normalized spacial score (nSPS) is 15.5. The van der Waals surface area contributed by atoms with Crippen LogP contribution in [0.15, 0.2) is 70.3 Å². The summed E-state index contributed by atoms with van der Waals surface area (Å²) in [4.78, 5) is 25.7. The SMILES string of the molecule is O=C(CN(c1ccccc1F)S(=O)(=O)c1cccs1)Nc1ccccc1C(=O)NCC1CCCO1. The predicted octanol–water partition coefficient (Wildman–Crippen LogP) is 3.63. The lowest BCUT2D eigenvalue weighted by Gasteiger charge is -2.24. The Bertz CT molecular complexity index is 1290. The topological polar surface area (TPSA) is 105 Å². The molecule has 0 aliphatic carbocycles. The van der Waals surface area contributed by atoms with Crippen molar-refractivity contribution in [1.82, 2.24) is 5.32 Å². The number of anilines is 2. The third kappa shape index (κ3) is 5.87. The maximum Gasteiger partial charge on any atom is 0.274 e. The standard InChI is InChI=1S/C24H24FN3O5S2/c25-19-9-2-4-11-21(19)28(35(31,32)23-12-6-14-34-23)16-22(29)27-20-10-3-1-8-18(20)24(30)26-15-17-7-5-13-33-17/h1-4,6,8-12,14,17H,5,7,13,15-16H2,(H,26,30)(H,27,29). The lowest BCUT2D eigenvalue weighted by atomic mass is 10.1. The van der Waals surface area contributed by atoms with Gasteiger partial charge < -0.3 is 15.4 Å². The van der Waals surface area contributed by atoms with Gasteiger partial charge in [0, 0.05) is 13.2 Å². The van der Waals surface area contributed by atoms with Crippen molar-refractivity contribution < 1.29 is 27.1 Å². The molecule has 11 heteroatoms. The van der Waals surface area contributed by atoms with Gasteiger partial charge in [-0.3, -0.25) is 13.9 Å². The maximum absolute atomic E-state index is 14.6. The van der Waals surface area contributed by atoms with Crippen molar-refractivity contribution in [3.63, 3.8) is 0 Å². The van der Waals surface area contributed by atoms with Crippen molar-refractivity contribution in [2.24, 2.45) is 0 Å². The summed E-state index contributed by atoms with van der Waals surface area (Å²) in [7, 11) is -4.21. The van der Waals surface area contributed by atoms with Crippen LogP contribution in [0.25, 0.3) is 0 Å². The van der Waals surface area contributed by atoms with Crippen LogP contribution in [-0.4, -0.2) is 46.0 Å². The van der Waals surface area contributed by atoms with E-state index in [0.717, 1.165) is 34.6 Å². The van der Waals surface area contributed by atoms with E-state index >= 15 is 0 Å². The van der Waals surface area contributed by atoms with E-state index in [1.165, 1.54) is 24.3 Å². The molecule has 35 heavy (non-hydrogen) atoms. The van der Waals surface area contributed by atoms with E-state index in [1.54, 1.807) is 35.7 Å². The molecule has 1 aliphatic heterocycles. The van der Waals surface area contributed by atoms with Gasteiger partial charge >= 0.3 is 0 Å². The second-order valence-electron chi connectivity index (χ2n) is 7.83. The van der Waals surface area contributed by atoms with Gasteiger partial charge in [-0.15, -0.1) is 11.3 Å². The lowest BCUT2D eigenvalue weighted by molar-refractivity contribution is -0.114. The highest BCUT2D eigenvalue weighted by Gasteiger charge is 2.30. The number of benzene rings is 2. The largest absolute Gasteiger partial charge is 0.376 e. The summed E-state index contributed by atoms with van der Waals surface area (Å²) in [6, 6.07) is 14.7. The van der Waals surface area contributed by atoms with Gasteiger partial charge in [-0.1, -0.05) is 30.3 Å². The van der Waals surface area contributed by atoms with Crippen LogP contribution < -0.4 is 14.9 Å². The van der Waals surface area contributed by atoms with Crippen LogP contribution >= 0.6 is 11.3 Å². The first-order valence-corrected chi connectivity index (χ1v) is 13.3. The lowest BCUT2D eigenvalue weighted by Crippen LogP contribution is -2.38. The third-order valence-electron chi connectivity index (χ3n) is 5.41. The van der Waals surface area contributed by atoms with E-state index < -0.39 is 34.2 Å². The Morgan fingerprint density at radius 3 is 2.57 bits per heavy atom. The molecule has 0 bridgehead atoms. The number of hydrogen-bond donors (Lipinski definition) is 2. The monoisotopic (exact) mass is 517 g/mol. The van der Waals surface area contributed by atoms with Crippen molar-refractivity contribution in [1.29, 1.82) is 0 Å². The summed E-state index contributed by atoms with van der Waals surface area (Å²) < 4.78 is 47.3. The molecule has 1 saturated heterocycles. The van der Waals surface area contributed by atoms with Gasteiger partial charge in [0.05, 0.1) is 23.0 Å². The Morgan fingerprint density at radius 2 is 1.86 bits per heavy atom. The number of hydrogen-bond acceptors (Lipinski definition) is 6. The smallest absolute Gasteiger partial charge is 0.274 e. The average Bonchev–Trinajstić information content (AvgIpc) is 3.57. The zero-order chi connectivity index (χ0) is 24.8. The van der Waals surface area contributed by atoms with E-state index in [9.17, 15) is 22.4 Å². The molecule has 0 saturated carbocycles. The Kier molecular flexibility index (Phi) is 7.79. The van der Waals surface area contributed by atoms with Crippen LogP contribution in [0.5, 0.6) is 0 Å². The molecule has 8 nitrogen and oxygen atoms in total. The number of rotatable bonds is 9. The summed E-state index contributed by atoms with van der Waals surface area (Å²) in [6.45, 7) is 0.328.